The first-order chi connectivity index (χ1) is 15.7. The number of carbonyl (C=O) groups is 1. The van der Waals surface area contributed by atoms with Crippen molar-refractivity contribution in [2.45, 2.75) is 0 Å². The number of aromatic carboxylic acids is 1. The number of aromatic nitrogens is 1. The zero-order valence-electron chi connectivity index (χ0n) is 17.3. The van der Waals surface area contributed by atoms with Gasteiger partial charge in [0.15, 0.2) is 5.82 Å². The Bertz CT molecular complexity index is 1430. The maximum absolute atomic E-state index is 15.9. The van der Waals surface area contributed by atoms with Crippen LogP contribution in [0.4, 0.5) is 23.2 Å². The smallest absolute Gasteiger partial charge is 0.341 e. The predicted molar refractivity (Wildman–Crippen MR) is 113 cm³/mol. The van der Waals surface area contributed by atoms with E-state index < -0.39 is 56.8 Å². The molecule has 170 valence electrons. The standard InChI is InChI=1S/C23H17F4N3O3/c1-28-6-11-8-29(9-12(11)7-28)21-17(26)5-14-20(19(21)27)30(10-15(22(14)31)23(32)33)18-3-2-13(24)4-16(18)25/h2-5,10H,6-9H2,1H3,(H,32,33). The van der Waals surface area contributed by atoms with E-state index in [1.807, 2.05) is 7.05 Å². The maximum atomic E-state index is 15.9. The molecule has 2 aliphatic heterocycles. The van der Waals surface area contributed by atoms with Gasteiger partial charge in [-0.1, -0.05) is 0 Å². The molecule has 0 unspecified atom stereocenters. The Hall–Kier alpha value is -3.66. The van der Waals surface area contributed by atoms with E-state index in [0.29, 0.717) is 32.2 Å². The SMILES string of the molecule is CN1CC2=C(C1)CN(c1c(F)cc3c(=O)c(C(=O)O)cn(-c4ccc(F)cc4F)c3c1F)C2. The van der Waals surface area contributed by atoms with Crippen LogP contribution in [0.2, 0.25) is 0 Å². The molecule has 0 bridgehead atoms. The van der Waals surface area contributed by atoms with E-state index in [0.717, 1.165) is 40.1 Å². The predicted octanol–water partition coefficient (Wildman–Crippen LogP) is 3.31. The molecule has 2 aliphatic rings. The maximum Gasteiger partial charge on any atom is 0.341 e. The highest BCUT2D eigenvalue weighted by Crippen LogP contribution is 2.36. The molecule has 3 heterocycles. The molecule has 1 aromatic heterocycles. The van der Waals surface area contributed by atoms with Crippen molar-refractivity contribution in [2.24, 2.45) is 0 Å². The summed E-state index contributed by atoms with van der Waals surface area (Å²) in [6, 6.07) is 3.23. The Morgan fingerprint density at radius 3 is 2.24 bits per heavy atom. The van der Waals surface area contributed by atoms with Crippen molar-refractivity contribution < 1.29 is 27.5 Å². The average Bonchev–Trinajstić information content (AvgIpc) is 3.26. The van der Waals surface area contributed by atoms with Crippen LogP contribution in [0.1, 0.15) is 10.4 Å². The molecule has 0 spiro atoms. The van der Waals surface area contributed by atoms with Gasteiger partial charge in [-0.2, -0.15) is 0 Å². The fraction of sp³-hybridized carbons (Fsp3) is 0.217. The van der Waals surface area contributed by atoms with Gasteiger partial charge >= 0.3 is 5.97 Å². The molecule has 0 aliphatic carbocycles. The highest BCUT2D eigenvalue weighted by atomic mass is 19.1. The number of pyridine rings is 1. The van der Waals surface area contributed by atoms with E-state index >= 15 is 8.78 Å². The van der Waals surface area contributed by atoms with Gasteiger partial charge in [-0.3, -0.25) is 9.69 Å². The number of rotatable bonds is 3. The third-order valence-electron chi connectivity index (χ3n) is 6.06. The molecule has 0 atom stereocenters. The molecule has 0 fully saturated rings. The van der Waals surface area contributed by atoms with Crippen molar-refractivity contribution in [3.8, 4) is 5.69 Å². The molecular formula is C23H17F4N3O3. The van der Waals surface area contributed by atoms with Crippen LogP contribution in [0.3, 0.4) is 0 Å². The lowest BCUT2D eigenvalue weighted by Gasteiger charge is -2.25. The number of fused-ring (bicyclic) bond motifs is 1. The lowest BCUT2D eigenvalue weighted by Crippen LogP contribution is -2.29. The Morgan fingerprint density at radius 2 is 1.64 bits per heavy atom. The first-order valence-electron chi connectivity index (χ1n) is 10.0. The monoisotopic (exact) mass is 459 g/mol. The summed E-state index contributed by atoms with van der Waals surface area (Å²) in [7, 11) is 1.94. The van der Waals surface area contributed by atoms with Crippen LogP contribution in [-0.2, 0) is 0 Å². The quantitative estimate of drug-likeness (QED) is 0.481. The van der Waals surface area contributed by atoms with Crippen molar-refractivity contribution in [3.05, 3.63) is 80.7 Å². The van der Waals surface area contributed by atoms with E-state index in [9.17, 15) is 23.5 Å². The van der Waals surface area contributed by atoms with Gasteiger partial charge in [0.2, 0.25) is 5.43 Å². The van der Waals surface area contributed by atoms with Gasteiger partial charge in [-0.05, 0) is 36.4 Å². The van der Waals surface area contributed by atoms with Crippen LogP contribution in [0, 0.1) is 23.3 Å². The van der Waals surface area contributed by atoms with E-state index in [2.05, 4.69) is 4.90 Å². The summed E-state index contributed by atoms with van der Waals surface area (Å²) in [5.74, 6) is -5.80. The van der Waals surface area contributed by atoms with Crippen molar-refractivity contribution in [2.75, 3.05) is 38.1 Å². The molecule has 10 heteroatoms. The molecule has 0 radical (unpaired) electrons. The van der Waals surface area contributed by atoms with Crippen molar-refractivity contribution in [1.82, 2.24) is 9.47 Å². The van der Waals surface area contributed by atoms with E-state index in [4.69, 9.17) is 0 Å². The van der Waals surface area contributed by atoms with Gasteiger partial charge in [0.25, 0.3) is 0 Å². The zero-order valence-corrected chi connectivity index (χ0v) is 17.3. The second-order valence-corrected chi connectivity index (χ2v) is 8.30. The average molecular weight is 459 g/mol. The van der Waals surface area contributed by atoms with Gasteiger partial charge in [-0.15, -0.1) is 0 Å². The third-order valence-corrected chi connectivity index (χ3v) is 6.06. The summed E-state index contributed by atoms with van der Waals surface area (Å²) in [5.41, 5.74) is -1.07. The number of hydrogen-bond acceptors (Lipinski definition) is 4. The number of carboxylic acid groups (broad SMARTS) is 1. The van der Waals surface area contributed by atoms with Crippen LogP contribution in [0.25, 0.3) is 16.6 Å². The van der Waals surface area contributed by atoms with Crippen LogP contribution < -0.4 is 10.3 Å². The highest BCUT2D eigenvalue weighted by Gasteiger charge is 2.33. The number of carboxylic acids is 1. The molecule has 0 saturated carbocycles. The van der Waals surface area contributed by atoms with E-state index in [-0.39, 0.29) is 5.69 Å². The molecule has 1 N–H and O–H groups in total. The Morgan fingerprint density at radius 1 is 0.970 bits per heavy atom. The summed E-state index contributed by atoms with van der Waals surface area (Å²) in [5, 5.41) is 8.86. The zero-order chi connectivity index (χ0) is 23.6. The second kappa shape index (κ2) is 7.45. The first kappa shape index (κ1) is 21.2. The van der Waals surface area contributed by atoms with Crippen LogP contribution in [0.15, 0.2) is 46.4 Å². The Kier molecular flexibility index (Phi) is 4.78. The molecule has 3 aromatic rings. The Labute approximate surface area is 184 Å². The summed E-state index contributed by atoms with van der Waals surface area (Å²) >= 11 is 0. The third kappa shape index (κ3) is 3.29. The molecule has 2 aromatic carbocycles. The first-order valence-corrected chi connectivity index (χ1v) is 10.0. The normalized spacial score (nSPS) is 16.2. The van der Waals surface area contributed by atoms with Gasteiger partial charge in [-0.25, -0.2) is 22.4 Å². The molecular weight excluding hydrogens is 442 g/mol. The lowest BCUT2D eigenvalue weighted by atomic mass is 10.1. The van der Waals surface area contributed by atoms with Gasteiger partial charge in [0.05, 0.1) is 16.6 Å². The second-order valence-electron chi connectivity index (χ2n) is 8.30. The van der Waals surface area contributed by atoms with Gasteiger partial charge in [0.1, 0.15) is 28.7 Å². The molecule has 0 saturated heterocycles. The number of halogens is 4. The highest BCUT2D eigenvalue weighted by molar-refractivity contribution is 5.94. The topological polar surface area (TPSA) is 65.8 Å². The van der Waals surface area contributed by atoms with Crippen LogP contribution in [-0.4, -0.2) is 53.8 Å². The van der Waals surface area contributed by atoms with Gasteiger partial charge < -0.3 is 14.6 Å². The molecule has 33 heavy (non-hydrogen) atoms. The number of benzene rings is 2. The minimum absolute atomic E-state index is 0.293. The minimum Gasteiger partial charge on any atom is -0.477 e. The number of likely N-dealkylation sites (N-methyl/N-ethyl adjacent to an activating group) is 1. The molecule has 6 nitrogen and oxygen atoms in total. The van der Waals surface area contributed by atoms with Crippen molar-refractivity contribution in [1.29, 1.82) is 0 Å². The van der Waals surface area contributed by atoms with Crippen LogP contribution >= 0.6 is 0 Å². The number of hydrogen-bond donors (Lipinski definition) is 1. The summed E-state index contributed by atoms with van der Waals surface area (Å²) in [4.78, 5) is 27.9. The van der Waals surface area contributed by atoms with Crippen molar-refractivity contribution in [3.63, 3.8) is 0 Å². The van der Waals surface area contributed by atoms with Gasteiger partial charge in [0, 0.05) is 38.4 Å². The van der Waals surface area contributed by atoms with Crippen LogP contribution in [0.5, 0.6) is 0 Å². The minimum atomic E-state index is -1.65. The van der Waals surface area contributed by atoms with E-state index in [1.165, 1.54) is 4.90 Å². The molecule has 5 rings (SSSR count). The van der Waals surface area contributed by atoms with E-state index in [1.54, 1.807) is 0 Å². The summed E-state index contributed by atoms with van der Waals surface area (Å²) < 4.78 is 59.9. The van der Waals surface area contributed by atoms with Crippen molar-refractivity contribution >= 4 is 22.6 Å². The number of anilines is 1. The lowest BCUT2D eigenvalue weighted by molar-refractivity contribution is 0.0695. The number of nitrogens with zero attached hydrogens (tertiary/aromatic N) is 3. The fourth-order valence-electron chi connectivity index (χ4n) is 4.64. The Balaban J connectivity index is 1.77. The summed E-state index contributed by atoms with van der Waals surface area (Å²) in [6.45, 7) is 1.94. The molecule has 0 amide bonds. The summed E-state index contributed by atoms with van der Waals surface area (Å²) in [6.07, 6.45) is 0.769. The largest absolute Gasteiger partial charge is 0.477 e. The fourth-order valence-corrected chi connectivity index (χ4v) is 4.64.